The number of thiazole rings is 1. The van der Waals surface area contributed by atoms with Gasteiger partial charge in [-0.1, -0.05) is 30.0 Å². The molecule has 1 aliphatic carbocycles. The van der Waals surface area contributed by atoms with Gasteiger partial charge in [0, 0.05) is 34.4 Å². The zero-order chi connectivity index (χ0) is 20.7. The molecule has 8 heteroatoms. The van der Waals surface area contributed by atoms with Gasteiger partial charge in [-0.25, -0.2) is 14.6 Å². The molecule has 0 atom stereocenters. The Hall–Kier alpha value is -2.71. The van der Waals surface area contributed by atoms with Gasteiger partial charge in [0.15, 0.2) is 10.9 Å². The van der Waals surface area contributed by atoms with Crippen molar-refractivity contribution >= 4 is 28.9 Å². The predicted molar refractivity (Wildman–Crippen MR) is 119 cm³/mol. The highest BCUT2D eigenvalue weighted by atomic mass is 32.2. The van der Waals surface area contributed by atoms with Crippen LogP contribution >= 0.6 is 23.1 Å². The van der Waals surface area contributed by atoms with Gasteiger partial charge in [0.1, 0.15) is 5.82 Å². The summed E-state index contributed by atoms with van der Waals surface area (Å²) in [4.78, 5) is 22.1. The molecule has 0 bridgehead atoms. The molecule has 3 aromatic heterocycles. The van der Waals surface area contributed by atoms with Crippen molar-refractivity contribution in [2.45, 2.75) is 37.8 Å². The topological polar surface area (TPSA) is 65.6 Å². The number of aromatic nitrogens is 5. The molecule has 0 spiro atoms. The average Bonchev–Trinajstić information content (AvgIpc) is 3.16. The molecule has 4 aromatic rings. The van der Waals surface area contributed by atoms with Crippen LogP contribution in [0.1, 0.15) is 46.3 Å². The quantitative estimate of drug-likeness (QED) is 0.302. The average molecular weight is 436 g/mol. The molecular formula is C22H21N5OS2. The number of ketones is 1. The third kappa shape index (κ3) is 3.61. The highest BCUT2D eigenvalue weighted by Gasteiger charge is 2.30. The van der Waals surface area contributed by atoms with E-state index >= 15 is 0 Å². The molecule has 152 valence electrons. The van der Waals surface area contributed by atoms with E-state index in [1.54, 1.807) is 17.5 Å². The van der Waals surface area contributed by atoms with Crippen molar-refractivity contribution in [3.05, 3.63) is 70.8 Å². The molecule has 0 amide bonds. The van der Waals surface area contributed by atoms with Crippen LogP contribution in [0.2, 0.25) is 0 Å². The van der Waals surface area contributed by atoms with Crippen LogP contribution in [0.4, 0.5) is 0 Å². The lowest BCUT2D eigenvalue weighted by Crippen LogP contribution is -2.05. The van der Waals surface area contributed by atoms with Crippen molar-refractivity contribution < 1.29 is 4.79 Å². The molecule has 1 aliphatic rings. The van der Waals surface area contributed by atoms with Gasteiger partial charge in [-0.05, 0) is 44.9 Å². The fourth-order valence-corrected chi connectivity index (χ4v) is 5.07. The molecule has 0 aliphatic heterocycles. The first-order valence-corrected chi connectivity index (χ1v) is 11.8. The fourth-order valence-electron chi connectivity index (χ4n) is 3.60. The van der Waals surface area contributed by atoms with E-state index < -0.39 is 0 Å². The number of aryl methyl sites for hydroxylation is 1. The molecule has 1 aromatic carbocycles. The van der Waals surface area contributed by atoms with Crippen LogP contribution in [0, 0.1) is 13.8 Å². The van der Waals surface area contributed by atoms with Crippen molar-refractivity contribution in [3.8, 4) is 10.8 Å². The van der Waals surface area contributed by atoms with E-state index in [1.807, 2.05) is 64.9 Å². The molecule has 5 rings (SSSR count). The second-order valence-electron chi connectivity index (χ2n) is 7.42. The summed E-state index contributed by atoms with van der Waals surface area (Å²) in [6.45, 7) is 3.98. The first kappa shape index (κ1) is 19.3. The maximum Gasteiger partial charge on any atom is 0.209 e. The Bertz CT molecular complexity index is 1190. The smallest absolute Gasteiger partial charge is 0.209 e. The third-order valence-electron chi connectivity index (χ3n) is 5.23. The van der Waals surface area contributed by atoms with Gasteiger partial charge in [0.05, 0.1) is 11.4 Å². The van der Waals surface area contributed by atoms with E-state index in [0.29, 0.717) is 16.8 Å². The van der Waals surface area contributed by atoms with E-state index in [9.17, 15) is 4.79 Å². The molecule has 0 unspecified atom stereocenters. The lowest BCUT2D eigenvalue weighted by Gasteiger charge is -2.05. The summed E-state index contributed by atoms with van der Waals surface area (Å²) in [5, 5.41) is 8.18. The van der Waals surface area contributed by atoms with Crippen molar-refractivity contribution in [3.63, 3.8) is 0 Å². The summed E-state index contributed by atoms with van der Waals surface area (Å²) >= 11 is 2.97. The number of benzene rings is 1. The third-order valence-corrected chi connectivity index (χ3v) is 6.82. The van der Waals surface area contributed by atoms with Gasteiger partial charge in [-0.2, -0.15) is 0 Å². The summed E-state index contributed by atoms with van der Waals surface area (Å²) in [6.07, 6.45) is 4.08. The minimum absolute atomic E-state index is 0.0833. The number of hydrogen-bond acceptors (Lipinski definition) is 6. The van der Waals surface area contributed by atoms with Gasteiger partial charge in [0.25, 0.3) is 0 Å². The lowest BCUT2D eigenvalue weighted by molar-refractivity contribution is 0.102. The number of hydrogen-bond donors (Lipinski definition) is 0. The Morgan fingerprint density at radius 3 is 2.73 bits per heavy atom. The van der Waals surface area contributed by atoms with Crippen LogP contribution < -0.4 is 0 Å². The van der Waals surface area contributed by atoms with Gasteiger partial charge in [0.2, 0.25) is 5.16 Å². The van der Waals surface area contributed by atoms with Crippen molar-refractivity contribution in [1.82, 2.24) is 24.3 Å². The molecule has 6 nitrogen and oxygen atoms in total. The normalized spacial score (nSPS) is 13.7. The molecule has 0 radical (unpaired) electrons. The number of thioether (sulfide) groups is 1. The first-order chi connectivity index (χ1) is 14.6. The minimum Gasteiger partial charge on any atom is -0.294 e. The Balaban J connectivity index is 1.36. The molecule has 1 fully saturated rings. The van der Waals surface area contributed by atoms with E-state index in [4.69, 9.17) is 10.1 Å². The van der Waals surface area contributed by atoms with E-state index in [-0.39, 0.29) is 5.78 Å². The zero-order valence-corrected chi connectivity index (χ0v) is 18.4. The molecular weight excluding hydrogens is 414 g/mol. The Morgan fingerprint density at radius 2 is 2.03 bits per heavy atom. The summed E-state index contributed by atoms with van der Waals surface area (Å²) in [5.74, 6) is 1.86. The van der Waals surface area contributed by atoms with Crippen molar-refractivity contribution in [2.75, 3.05) is 5.75 Å². The summed E-state index contributed by atoms with van der Waals surface area (Å²) < 4.78 is 3.97. The second kappa shape index (κ2) is 7.85. The van der Waals surface area contributed by atoms with E-state index in [0.717, 1.165) is 46.4 Å². The van der Waals surface area contributed by atoms with Crippen molar-refractivity contribution in [2.24, 2.45) is 0 Å². The SMILES string of the molecule is Cc1cc(C(=O)CSc2nc(C3CC3)n(-c3ccccc3)n2)c(C)n1-c1nccs1. The lowest BCUT2D eigenvalue weighted by atomic mass is 10.2. The number of carbonyl (C=O) groups excluding carboxylic acids is 1. The van der Waals surface area contributed by atoms with Crippen LogP contribution in [0.15, 0.2) is 53.1 Å². The number of para-hydroxylation sites is 1. The van der Waals surface area contributed by atoms with E-state index in [2.05, 4.69) is 4.98 Å². The molecule has 3 heterocycles. The minimum atomic E-state index is 0.0833. The second-order valence-corrected chi connectivity index (χ2v) is 9.24. The summed E-state index contributed by atoms with van der Waals surface area (Å²) in [6, 6.07) is 12.0. The van der Waals surface area contributed by atoms with Crippen LogP contribution in [0.5, 0.6) is 0 Å². The maximum absolute atomic E-state index is 13.0. The monoisotopic (exact) mass is 435 g/mol. The van der Waals surface area contributed by atoms with Gasteiger partial charge in [-0.3, -0.25) is 9.36 Å². The standard InChI is InChI=1S/C22H21N5OS2/c1-14-12-18(15(2)26(14)22-23-10-11-29-22)19(28)13-30-21-24-20(16-8-9-16)27(25-21)17-6-4-3-5-7-17/h3-7,10-12,16H,8-9,13H2,1-2H3. The molecule has 0 N–H and O–H groups in total. The summed E-state index contributed by atoms with van der Waals surface area (Å²) in [5.41, 5.74) is 3.69. The Labute approximate surface area is 183 Å². The molecule has 30 heavy (non-hydrogen) atoms. The predicted octanol–water partition coefficient (Wildman–Crippen LogP) is 4.98. The van der Waals surface area contributed by atoms with Gasteiger partial charge < -0.3 is 0 Å². The van der Waals surface area contributed by atoms with Crippen molar-refractivity contribution in [1.29, 1.82) is 0 Å². The first-order valence-electron chi connectivity index (χ1n) is 9.89. The van der Waals surface area contributed by atoms with Crippen LogP contribution in [0.3, 0.4) is 0 Å². The number of nitrogens with zero attached hydrogens (tertiary/aromatic N) is 5. The summed E-state index contributed by atoms with van der Waals surface area (Å²) in [7, 11) is 0. The Morgan fingerprint density at radius 1 is 1.23 bits per heavy atom. The fraction of sp³-hybridized carbons (Fsp3) is 0.273. The zero-order valence-electron chi connectivity index (χ0n) is 16.8. The number of rotatable bonds is 7. The molecule has 1 saturated carbocycles. The van der Waals surface area contributed by atoms with E-state index in [1.165, 1.54) is 11.8 Å². The van der Waals surface area contributed by atoms with Gasteiger partial charge in [-0.15, -0.1) is 16.4 Å². The maximum atomic E-state index is 13.0. The molecule has 0 saturated heterocycles. The highest BCUT2D eigenvalue weighted by molar-refractivity contribution is 7.99. The Kier molecular flexibility index (Phi) is 5.04. The van der Waals surface area contributed by atoms with Gasteiger partial charge >= 0.3 is 0 Å². The number of carbonyl (C=O) groups is 1. The van der Waals surface area contributed by atoms with Crippen LogP contribution in [-0.2, 0) is 0 Å². The number of Topliss-reactive ketones (excluding diaryl/α,β-unsaturated/α-hetero) is 1. The van der Waals surface area contributed by atoms with Crippen LogP contribution in [0.25, 0.3) is 10.8 Å². The highest BCUT2D eigenvalue weighted by Crippen LogP contribution is 2.40. The van der Waals surface area contributed by atoms with Crippen LogP contribution in [-0.4, -0.2) is 35.9 Å². The largest absolute Gasteiger partial charge is 0.294 e.